The summed E-state index contributed by atoms with van der Waals surface area (Å²) in [7, 11) is 0. The average Bonchev–Trinajstić information content (AvgIpc) is 1.35. The third-order valence-corrected chi connectivity index (χ3v) is 0.268. The Hall–Kier alpha value is 0.314. The maximum absolute atomic E-state index is 9.77. The number of carbonyl (C=O) groups is 1. The van der Waals surface area contributed by atoms with Crippen LogP contribution in [0.5, 0.6) is 0 Å². The van der Waals surface area contributed by atoms with Crippen LogP contribution < -0.4 is 0 Å². The minimum atomic E-state index is -0.197. The molecular weight excluding hydrogens is 169 g/mol. The van der Waals surface area contributed by atoms with Gasteiger partial charge >= 0.3 is 0 Å². The molecule has 0 unspecified atom stereocenters. The second kappa shape index (κ2) is 6.31. The molecule has 7 heavy (non-hydrogen) atoms. The van der Waals surface area contributed by atoms with Crippen molar-refractivity contribution in [3.05, 3.63) is 12.3 Å². The van der Waals surface area contributed by atoms with Crippen molar-refractivity contribution in [1.82, 2.24) is 0 Å². The van der Waals surface area contributed by atoms with Crippen LogP contribution in [-0.4, -0.2) is 10.9 Å². The molecule has 0 aliphatic carbocycles. The van der Waals surface area contributed by atoms with E-state index in [9.17, 15) is 4.79 Å². The van der Waals surface area contributed by atoms with Gasteiger partial charge in [-0.15, -0.1) is 0 Å². The van der Waals surface area contributed by atoms with Crippen molar-refractivity contribution in [2.75, 3.05) is 0 Å². The molecule has 37 valence electrons. The molecule has 0 spiro atoms. The molecular formula is C4H5O2Y-. The molecule has 2 nitrogen and oxygen atoms in total. The Morgan fingerprint density at radius 3 is 2.29 bits per heavy atom. The van der Waals surface area contributed by atoms with Crippen LogP contribution in [0.2, 0.25) is 0 Å². The number of ketones is 1. The summed E-state index contributed by atoms with van der Waals surface area (Å²) in [5.41, 5.74) is 0. The molecule has 3 heteroatoms. The van der Waals surface area contributed by atoms with Gasteiger partial charge in [0.05, 0.1) is 0 Å². The fourth-order valence-electron chi connectivity index (χ4n) is 0.0909. The molecule has 0 aromatic heterocycles. The first-order valence-corrected chi connectivity index (χ1v) is 1.51. The van der Waals surface area contributed by atoms with Crippen molar-refractivity contribution < 1.29 is 42.6 Å². The van der Waals surface area contributed by atoms with Gasteiger partial charge in [0.15, 0.2) is 0 Å². The number of rotatable bonds is 1. The molecule has 1 N–H and O–H groups in total. The van der Waals surface area contributed by atoms with Crippen molar-refractivity contribution in [3.8, 4) is 0 Å². The minimum absolute atomic E-state index is 0. The SMILES string of the molecule is CC(=O)C=[C-]O.[Y]. The van der Waals surface area contributed by atoms with Crippen molar-refractivity contribution in [3.63, 3.8) is 0 Å². The topological polar surface area (TPSA) is 37.3 Å². The Kier molecular flexibility index (Phi) is 9.31. The molecule has 0 bridgehead atoms. The zero-order valence-corrected chi connectivity index (χ0v) is 6.85. The Morgan fingerprint density at radius 2 is 2.29 bits per heavy atom. The third-order valence-electron chi connectivity index (χ3n) is 0.268. The zero-order valence-electron chi connectivity index (χ0n) is 4.01. The molecule has 0 saturated heterocycles. The number of allylic oxidation sites excluding steroid dienone is 1. The van der Waals surface area contributed by atoms with Crippen LogP contribution in [0, 0.1) is 6.26 Å². The van der Waals surface area contributed by atoms with Crippen LogP contribution in [0.25, 0.3) is 0 Å². The van der Waals surface area contributed by atoms with Gasteiger partial charge in [-0.2, -0.15) is 6.08 Å². The largest absolute Gasteiger partial charge is 0.607 e. The summed E-state index contributed by atoms with van der Waals surface area (Å²) in [6.07, 6.45) is 2.55. The molecule has 0 aliphatic heterocycles. The zero-order chi connectivity index (χ0) is 4.99. The molecule has 0 saturated carbocycles. The van der Waals surface area contributed by atoms with E-state index in [4.69, 9.17) is 5.11 Å². The van der Waals surface area contributed by atoms with Gasteiger partial charge in [-0.05, 0) is 0 Å². The fourth-order valence-corrected chi connectivity index (χ4v) is 0.0909. The van der Waals surface area contributed by atoms with Gasteiger partial charge in [-0.1, -0.05) is 13.2 Å². The van der Waals surface area contributed by atoms with Crippen LogP contribution in [0.4, 0.5) is 0 Å². The smallest absolute Gasteiger partial charge is 0.000524 e. The Morgan fingerprint density at radius 1 is 1.86 bits per heavy atom. The maximum Gasteiger partial charge on any atom is 0.000524 e. The van der Waals surface area contributed by atoms with Gasteiger partial charge in [-0.25, -0.2) is 0 Å². The van der Waals surface area contributed by atoms with Crippen molar-refractivity contribution >= 4 is 5.78 Å². The van der Waals surface area contributed by atoms with Crippen LogP contribution in [0.1, 0.15) is 6.92 Å². The van der Waals surface area contributed by atoms with E-state index in [0.717, 1.165) is 6.08 Å². The van der Waals surface area contributed by atoms with Crippen molar-refractivity contribution in [1.29, 1.82) is 0 Å². The summed E-state index contributed by atoms with van der Waals surface area (Å²) >= 11 is 0. The summed E-state index contributed by atoms with van der Waals surface area (Å²) in [5, 5.41) is 7.71. The first-order valence-electron chi connectivity index (χ1n) is 1.51. The molecule has 0 aliphatic rings. The average molecular weight is 174 g/mol. The van der Waals surface area contributed by atoms with E-state index < -0.39 is 0 Å². The molecule has 1 radical (unpaired) electrons. The van der Waals surface area contributed by atoms with E-state index in [1.165, 1.54) is 6.92 Å². The van der Waals surface area contributed by atoms with E-state index in [1.807, 2.05) is 0 Å². The molecule has 0 atom stereocenters. The van der Waals surface area contributed by atoms with Gasteiger partial charge < -0.3 is 9.90 Å². The van der Waals surface area contributed by atoms with E-state index in [0.29, 0.717) is 0 Å². The Labute approximate surface area is 67.5 Å². The number of aliphatic hydroxyl groups excluding tert-OH is 1. The minimum Gasteiger partial charge on any atom is -0.607 e. The number of aliphatic hydroxyl groups is 1. The second-order valence-corrected chi connectivity index (χ2v) is 0.884. The Balaban J connectivity index is 0. The number of hydrogen-bond acceptors (Lipinski definition) is 2. The standard InChI is InChI=1S/C4H5O2.Y/c1-4(6)2-3-5;/h2,5H,1H3;/q-1;. The van der Waals surface area contributed by atoms with E-state index >= 15 is 0 Å². The number of carbonyl (C=O) groups excluding carboxylic acids is 1. The monoisotopic (exact) mass is 174 g/mol. The van der Waals surface area contributed by atoms with Crippen molar-refractivity contribution in [2.24, 2.45) is 0 Å². The van der Waals surface area contributed by atoms with Crippen LogP contribution >= 0.6 is 0 Å². The van der Waals surface area contributed by atoms with Gasteiger partial charge in [0.2, 0.25) is 0 Å². The molecule has 0 aromatic rings. The van der Waals surface area contributed by atoms with Gasteiger partial charge in [0, 0.05) is 38.5 Å². The molecule has 0 rings (SSSR count). The second-order valence-electron chi connectivity index (χ2n) is 0.884. The summed E-state index contributed by atoms with van der Waals surface area (Å²) in [4.78, 5) is 9.77. The van der Waals surface area contributed by atoms with E-state index in [1.54, 1.807) is 6.26 Å². The van der Waals surface area contributed by atoms with Crippen molar-refractivity contribution in [2.45, 2.75) is 6.92 Å². The summed E-state index contributed by atoms with van der Waals surface area (Å²) in [6, 6.07) is 0. The van der Waals surface area contributed by atoms with Gasteiger partial charge in [0.25, 0.3) is 0 Å². The predicted molar refractivity (Wildman–Crippen MR) is 21.1 cm³/mol. The molecule has 0 fully saturated rings. The van der Waals surface area contributed by atoms with Gasteiger partial charge in [-0.3, -0.25) is 0 Å². The fraction of sp³-hybridized carbons (Fsp3) is 0.250. The van der Waals surface area contributed by atoms with Gasteiger partial charge in [0.1, 0.15) is 0 Å². The predicted octanol–water partition coefficient (Wildman–Crippen LogP) is 0.448. The summed E-state index contributed by atoms with van der Waals surface area (Å²) in [5.74, 6) is -0.197. The third kappa shape index (κ3) is 10.7. The first-order chi connectivity index (χ1) is 2.77. The van der Waals surface area contributed by atoms with Crippen LogP contribution in [0.3, 0.4) is 0 Å². The first kappa shape index (κ1) is 10.3. The van der Waals surface area contributed by atoms with Crippen LogP contribution in [-0.2, 0) is 37.5 Å². The molecule has 0 amide bonds. The number of hydrogen-bond donors (Lipinski definition) is 1. The molecule has 0 heterocycles. The summed E-state index contributed by atoms with van der Waals surface area (Å²) < 4.78 is 0. The normalized spacial score (nSPS) is 8.14. The van der Waals surface area contributed by atoms with E-state index in [-0.39, 0.29) is 38.5 Å². The van der Waals surface area contributed by atoms with E-state index in [2.05, 4.69) is 0 Å². The molecule has 0 aromatic carbocycles. The maximum atomic E-state index is 9.77. The Bertz CT molecular complexity index is 77.8. The quantitative estimate of drug-likeness (QED) is 0.356. The van der Waals surface area contributed by atoms with Crippen LogP contribution in [0.15, 0.2) is 6.08 Å². The summed E-state index contributed by atoms with van der Waals surface area (Å²) in [6.45, 7) is 1.34.